The summed E-state index contributed by atoms with van der Waals surface area (Å²) in [5.41, 5.74) is 0.425. The molecule has 1 fully saturated rings. The van der Waals surface area contributed by atoms with Crippen molar-refractivity contribution in [3.63, 3.8) is 0 Å². The molecule has 1 aliphatic carbocycles. The van der Waals surface area contributed by atoms with Gasteiger partial charge in [-0.15, -0.1) is 0 Å². The van der Waals surface area contributed by atoms with Crippen LogP contribution in [0.25, 0.3) is 32.2 Å². The molecule has 27 heavy (non-hydrogen) atoms. The van der Waals surface area contributed by atoms with Crippen LogP contribution in [0.3, 0.4) is 0 Å². The number of methoxy groups -OCH3 is 1. The maximum absolute atomic E-state index is 15.1. The molecule has 0 amide bonds. The molecular weight excluding hydrogens is 369 g/mol. The van der Waals surface area contributed by atoms with Gasteiger partial charge in [-0.05, 0) is 36.5 Å². The quantitative estimate of drug-likeness (QED) is 0.588. The van der Waals surface area contributed by atoms with Gasteiger partial charge in [0.15, 0.2) is 5.75 Å². The Kier molecular flexibility index (Phi) is 3.45. The van der Waals surface area contributed by atoms with Crippen molar-refractivity contribution >= 4 is 32.7 Å². The van der Waals surface area contributed by atoms with Gasteiger partial charge >= 0.3 is 0 Å². The number of halogens is 1. The Morgan fingerprint density at radius 1 is 1.37 bits per heavy atom. The topological polar surface area (TPSA) is 77.0 Å². The molecular formula is C19H14FN3O3S. The summed E-state index contributed by atoms with van der Waals surface area (Å²) in [7, 11) is 1.46. The third kappa shape index (κ3) is 2.26. The van der Waals surface area contributed by atoms with E-state index in [1.165, 1.54) is 13.2 Å². The molecule has 0 bridgehead atoms. The first-order valence-electron chi connectivity index (χ1n) is 8.48. The summed E-state index contributed by atoms with van der Waals surface area (Å²) in [6, 6.07) is 4.82. The smallest absolute Gasteiger partial charge is 0.271 e. The van der Waals surface area contributed by atoms with Crippen molar-refractivity contribution < 1.29 is 9.13 Å². The Morgan fingerprint density at radius 3 is 2.85 bits per heavy atom. The minimum Gasteiger partial charge on any atom is -0.494 e. The van der Waals surface area contributed by atoms with Gasteiger partial charge in [0.2, 0.25) is 5.43 Å². The van der Waals surface area contributed by atoms with Crippen molar-refractivity contribution in [1.82, 2.24) is 13.9 Å². The van der Waals surface area contributed by atoms with Crippen LogP contribution in [0.1, 0.15) is 18.9 Å². The Labute approximate surface area is 156 Å². The van der Waals surface area contributed by atoms with E-state index in [9.17, 15) is 9.59 Å². The predicted octanol–water partition coefficient (Wildman–Crippen LogP) is 3.45. The summed E-state index contributed by atoms with van der Waals surface area (Å²) >= 11 is 1.13. The van der Waals surface area contributed by atoms with Gasteiger partial charge in [0.05, 0.1) is 23.6 Å². The standard InChI is InChI=1S/C19H14FN3O3S/c1-26-17-13(9-3-2-6-21-8-9)12(20)7-11-15(17)23(10-4-5-10)19-14(16(11)24)18(25)22-27-19/h2-3,6-8,10H,4-5H2,1H3,(H,22,25). The lowest BCUT2D eigenvalue weighted by Crippen LogP contribution is -2.16. The number of aromatic nitrogens is 3. The Bertz CT molecular complexity index is 1320. The molecule has 0 aliphatic heterocycles. The lowest BCUT2D eigenvalue weighted by atomic mass is 10.0. The average Bonchev–Trinajstić information content (AvgIpc) is 3.44. The molecule has 0 saturated heterocycles. The average molecular weight is 383 g/mol. The van der Waals surface area contributed by atoms with Gasteiger partial charge in [-0.3, -0.25) is 18.9 Å². The van der Waals surface area contributed by atoms with E-state index in [2.05, 4.69) is 9.36 Å². The van der Waals surface area contributed by atoms with Crippen molar-refractivity contribution in [3.8, 4) is 16.9 Å². The number of pyridine rings is 2. The molecule has 8 heteroatoms. The number of hydrogen-bond donors (Lipinski definition) is 1. The molecule has 3 aromatic heterocycles. The lowest BCUT2D eigenvalue weighted by Gasteiger charge is -2.18. The normalized spacial score (nSPS) is 14.1. The van der Waals surface area contributed by atoms with Gasteiger partial charge < -0.3 is 9.30 Å². The van der Waals surface area contributed by atoms with Gasteiger partial charge in [0, 0.05) is 24.0 Å². The Hall–Kier alpha value is -3.00. The van der Waals surface area contributed by atoms with Crippen LogP contribution in [0.15, 0.2) is 40.2 Å². The van der Waals surface area contributed by atoms with Crippen LogP contribution in [0.5, 0.6) is 5.75 Å². The third-order valence-electron chi connectivity index (χ3n) is 4.89. The van der Waals surface area contributed by atoms with Crippen molar-refractivity contribution in [2.24, 2.45) is 0 Å². The highest BCUT2D eigenvalue weighted by Gasteiger charge is 2.31. The second-order valence-electron chi connectivity index (χ2n) is 6.55. The van der Waals surface area contributed by atoms with Crippen molar-refractivity contribution in [2.75, 3.05) is 7.11 Å². The van der Waals surface area contributed by atoms with E-state index in [-0.39, 0.29) is 28.1 Å². The fraction of sp³-hybridized carbons (Fsp3) is 0.211. The largest absolute Gasteiger partial charge is 0.494 e. The fourth-order valence-electron chi connectivity index (χ4n) is 3.59. The van der Waals surface area contributed by atoms with Crippen LogP contribution in [-0.2, 0) is 0 Å². The second-order valence-corrected chi connectivity index (χ2v) is 7.34. The molecule has 0 atom stereocenters. The van der Waals surface area contributed by atoms with Gasteiger partial charge in [-0.2, -0.15) is 0 Å². The van der Waals surface area contributed by atoms with E-state index < -0.39 is 16.8 Å². The molecule has 0 unspecified atom stereocenters. The van der Waals surface area contributed by atoms with Crippen LogP contribution in [0.2, 0.25) is 0 Å². The van der Waals surface area contributed by atoms with Crippen LogP contribution < -0.4 is 15.7 Å². The molecule has 1 saturated carbocycles. The number of aromatic amines is 1. The molecule has 5 rings (SSSR count). The van der Waals surface area contributed by atoms with Crippen LogP contribution in [-0.4, -0.2) is 21.0 Å². The van der Waals surface area contributed by atoms with E-state index in [4.69, 9.17) is 4.74 Å². The zero-order chi connectivity index (χ0) is 18.7. The monoisotopic (exact) mass is 383 g/mol. The first-order valence-corrected chi connectivity index (χ1v) is 9.29. The minimum atomic E-state index is -0.585. The first kappa shape index (κ1) is 16.2. The molecule has 1 aliphatic rings. The van der Waals surface area contributed by atoms with Gasteiger partial charge in [0.25, 0.3) is 5.56 Å². The van der Waals surface area contributed by atoms with Gasteiger partial charge in [-0.25, -0.2) is 4.39 Å². The summed E-state index contributed by atoms with van der Waals surface area (Å²) in [6.45, 7) is 0. The van der Waals surface area contributed by atoms with E-state index in [1.807, 2.05) is 4.57 Å². The fourth-order valence-corrected chi connectivity index (χ4v) is 4.51. The highest BCUT2D eigenvalue weighted by Crippen LogP contribution is 2.45. The summed E-state index contributed by atoms with van der Waals surface area (Å²) in [6.07, 6.45) is 5.03. The number of nitrogens with one attached hydrogen (secondary N) is 1. The molecule has 3 heterocycles. The Morgan fingerprint density at radius 2 is 2.19 bits per heavy atom. The molecule has 136 valence electrons. The van der Waals surface area contributed by atoms with E-state index in [1.54, 1.807) is 24.5 Å². The van der Waals surface area contributed by atoms with Crippen LogP contribution in [0, 0.1) is 5.82 Å². The SMILES string of the molecule is COc1c(-c2cccnc2)c(F)cc2c(=O)c3c(=O)[nH]sc3n(C3CC3)c12. The zero-order valence-electron chi connectivity index (χ0n) is 14.3. The number of H-pyrrole nitrogens is 1. The lowest BCUT2D eigenvalue weighted by molar-refractivity contribution is 0.416. The van der Waals surface area contributed by atoms with E-state index in [0.717, 1.165) is 24.4 Å². The van der Waals surface area contributed by atoms with Crippen LogP contribution >= 0.6 is 11.5 Å². The molecule has 1 aromatic carbocycles. The zero-order valence-corrected chi connectivity index (χ0v) is 15.1. The number of hydrogen-bond acceptors (Lipinski definition) is 5. The van der Waals surface area contributed by atoms with Gasteiger partial charge in [0.1, 0.15) is 16.0 Å². The van der Waals surface area contributed by atoms with Gasteiger partial charge in [-0.1, -0.05) is 6.07 Å². The number of fused-ring (bicyclic) bond motifs is 2. The number of nitrogens with zero attached hydrogens (tertiary/aromatic N) is 2. The summed E-state index contributed by atoms with van der Waals surface area (Å²) in [4.78, 5) is 29.8. The molecule has 0 radical (unpaired) electrons. The summed E-state index contributed by atoms with van der Waals surface area (Å²) in [5.74, 6) is -0.303. The minimum absolute atomic E-state index is 0.0787. The predicted molar refractivity (Wildman–Crippen MR) is 102 cm³/mol. The molecule has 4 aromatic rings. The summed E-state index contributed by atoms with van der Waals surface area (Å²) in [5, 5.41) is 0.232. The third-order valence-corrected chi connectivity index (χ3v) is 5.77. The van der Waals surface area contributed by atoms with E-state index >= 15 is 4.39 Å². The maximum Gasteiger partial charge on any atom is 0.271 e. The highest BCUT2D eigenvalue weighted by atomic mass is 32.1. The molecule has 6 nitrogen and oxygen atoms in total. The van der Waals surface area contributed by atoms with E-state index in [0.29, 0.717) is 15.9 Å². The first-order chi connectivity index (χ1) is 13.1. The van der Waals surface area contributed by atoms with Crippen molar-refractivity contribution in [3.05, 3.63) is 57.0 Å². The second kappa shape index (κ2) is 5.75. The summed E-state index contributed by atoms with van der Waals surface area (Å²) < 4.78 is 25.3. The molecule has 0 spiro atoms. The number of rotatable bonds is 3. The highest BCUT2D eigenvalue weighted by molar-refractivity contribution is 7.12. The number of ether oxygens (including phenoxy) is 1. The Balaban J connectivity index is 2.04. The van der Waals surface area contributed by atoms with Crippen molar-refractivity contribution in [2.45, 2.75) is 18.9 Å². The van der Waals surface area contributed by atoms with Crippen molar-refractivity contribution in [1.29, 1.82) is 0 Å². The number of benzene rings is 1. The van der Waals surface area contributed by atoms with Crippen LogP contribution in [0.4, 0.5) is 4.39 Å². The maximum atomic E-state index is 15.1. The molecule has 1 N–H and O–H groups in total.